The Hall–Kier alpha value is -1.83. The fraction of sp³-hybridized carbons (Fsp3) is 0.850. The Bertz CT molecular complexity index is 524. The molecule has 0 radical (unpaired) electrons. The summed E-state index contributed by atoms with van der Waals surface area (Å²) in [6.45, 7) is 10.5. The predicted molar refractivity (Wildman–Crippen MR) is 107 cm³/mol. The summed E-state index contributed by atoms with van der Waals surface area (Å²) in [6, 6.07) is -0.200. The standard InChI is InChI=1S/C20H37N3O5/c1-7-9-16(18(25)21(5)11-8-10-17(24)27-6)22-12-14-23(15-13-22)19(26)28-20(2,3)4/h16H,7-15H2,1-6H3/t16-/m0/s1. The van der Waals surface area contributed by atoms with Gasteiger partial charge in [0.2, 0.25) is 5.91 Å². The van der Waals surface area contributed by atoms with Gasteiger partial charge in [-0.2, -0.15) is 0 Å². The number of nitrogens with zero attached hydrogens (tertiary/aromatic N) is 3. The first-order valence-corrected chi connectivity index (χ1v) is 10.1. The lowest BCUT2D eigenvalue weighted by Crippen LogP contribution is -2.56. The van der Waals surface area contributed by atoms with Gasteiger partial charge >= 0.3 is 12.1 Å². The second kappa shape index (κ2) is 11.2. The third-order valence-corrected chi connectivity index (χ3v) is 4.73. The van der Waals surface area contributed by atoms with Gasteiger partial charge in [-0.15, -0.1) is 0 Å². The van der Waals surface area contributed by atoms with Crippen LogP contribution in [0, 0.1) is 0 Å². The van der Waals surface area contributed by atoms with Crippen molar-refractivity contribution in [1.82, 2.24) is 14.7 Å². The van der Waals surface area contributed by atoms with E-state index in [1.54, 1.807) is 16.8 Å². The van der Waals surface area contributed by atoms with Crippen LogP contribution in [0.4, 0.5) is 4.79 Å². The number of rotatable bonds is 8. The van der Waals surface area contributed by atoms with Gasteiger partial charge in [0.05, 0.1) is 13.2 Å². The number of piperazine rings is 1. The van der Waals surface area contributed by atoms with Gasteiger partial charge in [0.25, 0.3) is 0 Å². The van der Waals surface area contributed by atoms with Crippen molar-refractivity contribution in [2.24, 2.45) is 0 Å². The van der Waals surface area contributed by atoms with Crippen molar-refractivity contribution in [2.45, 2.75) is 65.0 Å². The van der Waals surface area contributed by atoms with Crippen LogP contribution in [0.5, 0.6) is 0 Å². The summed E-state index contributed by atoms with van der Waals surface area (Å²) in [5, 5.41) is 0. The molecule has 0 aromatic rings. The Balaban J connectivity index is 2.58. The summed E-state index contributed by atoms with van der Waals surface area (Å²) in [5.41, 5.74) is -0.512. The third-order valence-electron chi connectivity index (χ3n) is 4.73. The highest BCUT2D eigenvalue weighted by Gasteiger charge is 2.32. The van der Waals surface area contributed by atoms with E-state index in [9.17, 15) is 14.4 Å². The van der Waals surface area contributed by atoms with Crippen molar-refractivity contribution in [3.8, 4) is 0 Å². The van der Waals surface area contributed by atoms with Crippen LogP contribution in [0.1, 0.15) is 53.4 Å². The van der Waals surface area contributed by atoms with Crippen LogP contribution in [-0.2, 0) is 19.1 Å². The van der Waals surface area contributed by atoms with Crippen molar-refractivity contribution in [1.29, 1.82) is 0 Å². The van der Waals surface area contributed by atoms with E-state index in [4.69, 9.17) is 4.74 Å². The summed E-state index contributed by atoms with van der Waals surface area (Å²) in [6.07, 6.45) is 2.26. The van der Waals surface area contributed by atoms with Crippen LogP contribution in [0.2, 0.25) is 0 Å². The monoisotopic (exact) mass is 399 g/mol. The van der Waals surface area contributed by atoms with Crippen LogP contribution in [-0.4, -0.2) is 91.2 Å². The van der Waals surface area contributed by atoms with E-state index in [-0.39, 0.29) is 24.0 Å². The lowest BCUT2D eigenvalue weighted by molar-refractivity contribution is -0.142. The summed E-state index contributed by atoms with van der Waals surface area (Å²) in [7, 11) is 3.14. The van der Waals surface area contributed by atoms with E-state index in [1.165, 1.54) is 7.11 Å². The third kappa shape index (κ3) is 8.04. The van der Waals surface area contributed by atoms with Gasteiger partial charge in [-0.1, -0.05) is 13.3 Å². The van der Waals surface area contributed by atoms with Gasteiger partial charge in [-0.3, -0.25) is 14.5 Å². The van der Waals surface area contributed by atoms with E-state index < -0.39 is 5.60 Å². The minimum Gasteiger partial charge on any atom is -0.469 e. The van der Waals surface area contributed by atoms with Crippen molar-refractivity contribution in [3.63, 3.8) is 0 Å². The number of ether oxygens (including phenoxy) is 2. The van der Waals surface area contributed by atoms with E-state index >= 15 is 0 Å². The normalized spacial score (nSPS) is 16.4. The maximum atomic E-state index is 12.9. The molecule has 1 aliphatic rings. The maximum absolute atomic E-state index is 12.9. The predicted octanol–water partition coefficient (Wildman–Crippen LogP) is 2.12. The molecular weight excluding hydrogens is 362 g/mol. The molecule has 0 bridgehead atoms. The van der Waals surface area contributed by atoms with Crippen LogP contribution < -0.4 is 0 Å². The fourth-order valence-corrected chi connectivity index (χ4v) is 3.21. The van der Waals surface area contributed by atoms with Gasteiger partial charge in [-0.05, 0) is 33.6 Å². The number of carbonyl (C=O) groups is 3. The molecule has 0 aromatic heterocycles. The number of hydrogen-bond acceptors (Lipinski definition) is 6. The zero-order valence-electron chi connectivity index (χ0n) is 18.3. The van der Waals surface area contributed by atoms with E-state index in [0.29, 0.717) is 45.6 Å². The molecule has 1 atom stereocenters. The van der Waals surface area contributed by atoms with Crippen molar-refractivity contribution < 1.29 is 23.9 Å². The molecule has 0 saturated carbocycles. The second-order valence-electron chi connectivity index (χ2n) is 8.25. The molecule has 2 amide bonds. The largest absolute Gasteiger partial charge is 0.469 e. The summed E-state index contributed by atoms with van der Waals surface area (Å²) in [4.78, 5) is 42.0. The van der Waals surface area contributed by atoms with Gasteiger partial charge in [0.15, 0.2) is 0 Å². The van der Waals surface area contributed by atoms with Crippen molar-refractivity contribution >= 4 is 18.0 Å². The Morgan fingerprint density at radius 3 is 2.21 bits per heavy atom. The zero-order chi connectivity index (χ0) is 21.3. The Morgan fingerprint density at radius 2 is 1.71 bits per heavy atom. The molecule has 162 valence electrons. The number of hydrogen-bond donors (Lipinski definition) is 0. The molecule has 1 fully saturated rings. The van der Waals surface area contributed by atoms with Crippen LogP contribution in [0.3, 0.4) is 0 Å². The van der Waals surface area contributed by atoms with E-state index in [1.807, 2.05) is 20.8 Å². The number of likely N-dealkylation sites (N-methyl/N-ethyl adjacent to an activating group) is 1. The van der Waals surface area contributed by atoms with E-state index in [2.05, 4.69) is 16.6 Å². The average Bonchev–Trinajstić information content (AvgIpc) is 2.64. The number of esters is 1. The molecule has 0 N–H and O–H groups in total. The Morgan fingerprint density at radius 1 is 1.11 bits per heavy atom. The highest BCUT2D eigenvalue weighted by atomic mass is 16.6. The summed E-state index contributed by atoms with van der Waals surface area (Å²) >= 11 is 0. The molecule has 8 nitrogen and oxygen atoms in total. The summed E-state index contributed by atoms with van der Waals surface area (Å²) in [5.74, 6) is -0.193. The van der Waals surface area contributed by atoms with Crippen LogP contribution >= 0.6 is 0 Å². The highest BCUT2D eigenvalue weighted by Crippen LogP contribution is 2.16. The number of amides is 2. The first-order valence-electron chi connectivity index (χ1n) is 10.1. The first kappa shape index (κ1) is 24.2. The van der Waals surface area contributed by atoms with Gasteiger partial charge in [0, 0.05) is 46.2 Å². The molecule has 0 spiro atoms. The van der Waals surface area contributed by atoms with Crippen molar-refractivity contribution in [2.75, 3.05) is 46.9 Å². The molecule has 1 saturated heterocycles. The molecular formula is C20H37N3O5. The Kier molecular flexibility index (Phi) is 9.72. The quantitative estimate of drug-likeness (QED) is 0.582. The van der Waals surface area contributed by atoms with Gasteiger partial charge in [-0.25, -0.2) is 4.79 Å². The minimum atomic E-state index is -0.512. The molecule has 8 heteroatoms. The summed E-state index contributed by atoms with van der Waals surface area (Å²) < 4.78 is 10.1. The zero-order valence-corrected chi connectivity index (χ0v) is 18.3. The topological polar surface area (TPSA) is 79.4 Å². The molecule has 1 heterocycles. The lowest BCUT2D eigenvalue weighted by atomic mass is 10.1. The van der Waals surface area contributed by atoms with Crippen LogP contribution in [0.25, 0.3) is 0 Å². The SMILES string of the molecule is CCC[C@@H](C(=O)N(C)CCCC(=O)OC)N1CCN(C(=O)OC(C)(C)C)CC1. The lowest BCUT2D eigenvalue weighted by Gasteiger charge is -2.40. The smallest absolute Gasteiger partial charge is 0.410 e. The molecule has 0 aromatic carbocycles. The minimum absolute atomic E-state index is 0.0671. The van der Waals surface area contributed by atoms with Gasteiger partial charge < -0.3 is 19.3 Å². The highest BCUT2D eigenvalue weighted by molar-refractivity contribution is 5.81. The average molecular weight is 400 g/mol. The molecule has 1 rings (SSSR count). The number of methoxy groups -OCH3 is 1. The first-order chi connectivity index (χ1) is 13.1. The molecule has 0 aliphatic carbocycles. The van der Waals surface area contributed by atoms with Crippen LogP contribution in [0.15, 0.2) is 0 Å². The molecule has 1 aliphatic heterocycles. The van der Waals surface area contributed by atoms with E-state index in [0.717, 1.165) is 12.8 Å². The van der Waals surface area contributed by atoms with Crippen molar-refractivity contribution in [3.05, 3.63) is 0 Å². The Labute approximate surface area is 169 Å². The number of carbonyl (C=O) groups excluding carboxylic acids is 3. The molecule has 28 heavy (non-hydrogen) atoms. The fourth-order valence-electron chi connectivity index (χ4n) is 3.21. The maximum Gasteiger partial charge on any atom is 0.410 e. The molecule has 0 unspecified atom stereocenters. The second-order valence-corrected chi connectivity index (χ2v) is 8.25. The van der Waals surface area contributed by atoms with Gasteiger partial charge in [0.1, 0.15) is 5.60 Å².